The number of nitrogens with zero attached hydrogens (tertiary/aromatic N) is 1. The summed E-state index contributed by atoms with van der Waals surface area (Å²) < 4.78 is 12.3. The Bertz CT molecular complexity index is 874. The van der Waals surface area contributed by atoms with Crippen molar-refractivity contribution < 1.29 is 19.7 Å². The lowest BCUT2D eigenvalue weighted by Crippen LogP contribution is -2.34. The van der Waals surface area contributed by atoms with Crippen molar-refractivity contribution in [2.75, 3.05) is 6.61 Å². The molecule has 2 heterocycles. The average Bonchev–Trinajstić information content (AvgIpc) is 2.99. The van der Waals surface area contributed by atoms with Crippen LogP contribution in [-0.2, 0) is 22.7 Å². The first-order chi connectivity index (χ1) is 12.5. The smallest absolute Gasteiger partial charge is 0.330 e. The summed E-state index contributed by atoms with van der Waals surface area (Å²) in [6.45, 7) is 2.01. The van der Waals surface area contributed by atoms with E-state index in [1.807, 2.05) is 31.2 Å². The highest BCUT2D eigenvalue weighted by molar-refractivity contribution is 5.24. The second kappa shape index (κ2) is 7.96. The van der Waals surface area contributed by atoms with Gasteiger partial charge < -0.3 is 19.7 Å². The molecule has 0 unspecified atom stereocenters. The number of aromatic amines is 1. The number of aryl methyl sites for hydroxylation is 1. The number of ether oxygens (including phenoxy) is 2. The molecule has 0 aliphatic carbocycles. The van der Waals surface area contributed by atoms with Crippen LogP contribution in [0.2, 0.25) is 0 Å². The minimum absolute atomic E-state index is 0.0304. The van der Waals surface area contributed by atoms with Crippen molar-refractivity contribution in [2.24, 2.45) is 0 Å². The topological polar surface area (TPSA) is 114 Å². The van der Waals surface area contributed by atoms with Crippen molar-refractivity contribution in [1.82, 2.24) is 9.55 Å². The second-order valence-electron chi connectivity index (χ2n) is 6.35. The summed E-state index contributed by atoms with van der Waals surface area (Å²) in [5.41, 5.74) is 1.24. The molecule has 1 aromatic heterocycles. The average molecular weight is 362 g/mol. The zero-order valence-electron chi connectivity index (χ0n) is 14.4. The quantitative estimate of drug-likeness (QED) is 0.677. The van der Waals surface area contributed by atoms with Crippen LogP contribution in [0.5, 0.6) is 0 Å². The molecule has 1 saturated heterocycles. The molecule has 0 amide bonds. The molecule has 1 aliphatic rings. The van der Waals surface area contributed by atoms with Gasteiger partial charge >= 0.3 is 5.69 Å². The third-order valence-corrected chi connectivity index (χ3v) is 4.51. The number of rotatable bonds is 6. The Kier molecular flexibility index (Phi) is 5.67. The lowest BCUT2D eigenvalue weighted by molar-refractivity contribution is -0.0461. The Morgan fingerprint density at radius 1 is 1.27 bits per heavy atom. The van der Waals surface area contributed by atoms with Gasteiger partial charge in [0.15, 0.2) is 0 Å². The molecule has 2 aromatic rings. The molecular weight excluding hydrogens is 340 g/mol. The monoisotopic (exact) mass is 362 g/mol. The van der Waals surface area contributed by atoms with Crippen LogP contribution in [0.4, 0.5) is 0 Å². The summed E-state index contributed by atoms with van der Waals surface area (Å²) in [6, 6.07) is 7.78. The number of benzene rings is 1. The highest BCUT2D eigenvalue weighted by Gasteiger charge is 2.35. The van der Waals surface area contributed by atoms with Gasteiger partial charge in [-0.05, 0) is 18.1 Å². The van der Waals surface area contributed by atoms with Gasteiger partial charge in [-0.2, -0.15) is 0 Å². The summed E-state index contributed by atoms with van der Waals surface area (Å²) in [5.74, 6) is 0. The number of H-pyrrole nitrogens is 1. The summed E-state index contributed by atoms with van der Waals surface area (Å²) >= 11 is 0. The Balaban J connectivity index is 1.73. The van der Waals surface area contributed by atoms with Crippen LogP contribution >= 0.6 is 0 Å². The molecule has 3 atom stereocenters. The van der Waals surface area contributed by atoms with Crippen LogP contribution in [-0.4, -0.2) is 38.6 Å². The Morgan fingerprint density at radius 3 is 2.69 bits per heavy atom. The number of aliphatic hydroxyl groups excluding tert-OH is 2. The number of hydrogen-bond acceptors (Lipinski definition) is 6. The number of nitrogens with one attached hydrogen (secondary N) is 1. The molecule has 0 spiro atoms. The van der Waals surface area contributed by atoms with Crippen molar-refractivity contribution in [3.63, 3.8) is 0 Å². The number of hydrogen-bond donors (Lipinski definition) is 3. The standard InChI is InChI=1S/C18H22N2O6/c1-11-4-2-3-5-12(11)9-25-10-13-7-20(18(24)19-17(13)23)16-6-14(22)15(8-21)26-16/h2-5,7,14-16,21-22H,6,8-10H2,1H3,(H,19,23,24)/t14-,15-,16-/m1/s1. The van der Waals surface area contributed by atoms with Gasteiger partial charge in [0.25, 0.3) is 5.56 Å². The molecule has 8 nitrogen and oxygen atoms in total. The predicted molar refractivity (Wildman–Crippen MR) is 92.6 cm³/mol. The summed E-state index contributed by atoms with van der Waals surface area (Å²) in [7, 11) is 0. The van der Waals surface area contributed by atoms with Crippen molar-refractivity contribution in [1.29, 1.82) is 0 Å². The maximum atomic E-state index is 12.1. The Labute approximate surface area is 149 Å². The minimum atomic E-state index is -0.871. The van der Waals surface area contributed by atoms with E-state index >= 15 is 0 Å². The summed E-state index contributed by atoms with van der Waals surface area (Å²) in [6.07, 6.45) is -0.831. The molecule has 1 fully saturated rings. The van der Waals surface area contributed by atoms with Gasteiger partial charge in [0.05, 0.1) is 31.5 Å². The fourth-order valence-corrected chi connectivity index (χ4v) is 2.94. The van der Waals surface area contributed by atoms with E-state index in [4.69, 9.17) is 14.6 Å². The zero-order valence-corrected chi connectivity index (χ0v) is 14.4. The summed E-state index contributed by atoms with van der Waals surface area (Å²) in [5, 5.41) is 19.0. The van der Waals surface area contributed by atoms with E-state index in [9.17, 15) is 14.7 Å². The molecule has 140 valence electrons. The van der Waals surface area contributed by atoms with Crippen LogP contribution in [0.3, 0.4) is 0 Å². The van der Waals surface area contributed by atoms with Crippen LogP contribution in [0, 0.1) is 6.92 Å². The second-order valence-corrected chi connectivity index (χ2v) is 6.35. The van der Waals surface area contributed by atoms with Gasteiger partial charge in [-0.25, -0.2) is 4.79 Å². The Morgan fingerprint density at radius 2 is 2.00 bits per heavy atom. The number of aromatic nitrogens is 2. The van der Waals surface area contributed by atoms with Crippen molar-refractivity contribution in [3.05, 3.63) is 68.0 Å². The van der Waals surface area contributed by atoms with Crippen molar-refractivity contribution in [2.45, 2.75) is 45.0 Å². The van der Waals surface area contributed by atoms with E-state index in [1.54, 1.807) is 0 Å². The molecule has 0 bridgehead atoms. The third kappa shape index (κ3) is 3.94. The lowest BCUT2D eigenvalue weighted by Gasteiger charge is -2.15. The van der Waals surface area contributed by atoms with E-state index in [2.05, 4.69) is 4.98 Å². The van der Waals surface area contributed by atoms with Crippen LogP contribution in [0.25, 0.3) is 0 Å². The van der Waals surface area contributed by atoms with Crippen LogP contribution < -0.4 is 11.2 Å². The maximum absolute atomic E-state index is 12.1. The van der Waals surface area contributed by atoms with Gasteiger partial charge in [0.2, 0.25) is 0 Å². The van der Waals surface area contributed by atoms with Gasteiger partial charge in [-0.15, -0.1) is 0 Å². The zero-order chi connectivity index (χ0) is 18.7. The molecule has 0 radical (unpaired) electrons. The van der Waals surface area contributed by atoms with E-state index in [-0.39, 0.29) is 25.2 Å². The molecule has 1 aliphatic heterocycles. The van der Waals surface area contributed by atoms with E-state index in [0.717, 1.165) is 11.1 Å². The molecule has 0 saturated carbocycles. The van der Waals surface area contributed by atoms with E-state index in [0.29, 0.717) is 6.61 Å². The normalized spacial score (nSPS) is 22.7. The highest BCUT2D eigenvalue weighted by atomic mass is 16.5. The molecule has 1 aromatic carbocycles. The maximum Gasteiger partial charge on any atom is 0.330 e. The Hall–Kier alpha value is -2.26. The largest absolute Gasteiger partial charge is 0.394 e. The lowest BCUT2D eigenvalue weighted by atomic mass is 10.1. The van der Waals surface area contributed by atoms with Gasteiger partial charge in [-0.1, -0.05) is 24.3 Å². The third-order valence-electron chi connectivity index (χ3n) is 4.51. The van der Waals surface area contributed by atoms with Crippen molar-refractivity contribution >= 4 is 0 Å². The molecule has 3 rings (SSSR count). The molecular formula is C18H22N2O6. The van der Waals surface area contributed by atoms with Gasteiger partial charge in [0, 0.05) is 12.6 Å². The number of aliphatic hydroxyl groups is 2. The van der Waals surface area contributed by atoms with E-state index in [1.165, 1.54) is 10.8 Å². The van der Waals surface area contributed by atoms with Crippen LogP contribution in [0.15, 0.2) is 40.1 Å². The fourth-order valence-electron chi connectivity index (χ4n) is 2.94. The van der Waals surface area contributed by atoms with Crippen LogP contribution in [0.1, 0.15) is 29.3 Å². The first kappa shape index (κ1) is 18.5. The summed E-state index contributed by atoms with van der Waals surface area (Å²) in [4.78, 5) is 26.3. The molecule has 3 N–H and O–H groups in total. The van der Waals surface area contributed by atoms with Gasteiger partial charge in [0.1, 0.15) is 12.3 Å². The first-order valence-electron chi connectivity index (χ1n) is 8.40. The molecule has 8 heteroatoms. The van der Waals surface area contributed by atoms with Gasteiger partial charge in [-0.3, -0.25) is 14.3 Å². The SMILES string of the molecule is Cc1ccccc1COCc1cn([C@H]2C[C@@H](O)[C@@H](CO)O2)c(=O)[nH]c1=O. The highest BCUT2D eigenvalue weighted by Crippen LogP contribution is 2.27. The predicted octanol–water partition coefficient (Wildman–Crippen LogP) is 0.203. The molecule has 26 heavy (non-hydrogen) atoms. The van der Waals surface area contributed by atoms with E-state index < -0.39 is 29.7 Å². The van der Waals surface area contributed by atoms with Crippen molar-refractivity contribution in [3.8, 4) is 0 Å². The first-order valence-corrected chi connectivity index (χ1v) is 8.40. The minimum Gasteiger partial charge on any atom is -0.394 e. The fraction of sp³-hybridized carbons (Fsp3) is 0.444.